The number of amides is 4. The Kier molecular flexibility index (Phi) is 9.91. The molecular weight excluding hydrogens is 544 g/mol. The first-order valence-corrected chi connectivity index (χ1v) is 13.5. The number of aromatic nitrogens is 4. The van der Waals surface area contributed by atoms with Gasteiger partial charge in [0, 0.05) is 36.4 Å². The lowest BCUT2D eigenvalue weighted by Crippen LogP contribution is -2.48. The smallest absolute Gasteiger partial charge is 0.321 e. The van der Waals surface area contributed by atoms with Gasteiger partial charge in [0.25, 0.3) is 0 Å². The summed E-state index contributed by atoms with van der Waals surface area (Å²) in [6, 6.07) is 11.4. The number of urea groups is 1. The number of anilines is 2. The number of rotatable bonds is 9. The van der Waals surface area contributed by atoms with Gasteiger partial charge < -0.3 is 35.0 Å². The maximum Gasteiger partial charge on any atom is 0.321 e. The molecule has 14 heteroatoms. The van der Waals surface area contributed by atoms with E-state index in [4.69, 9.17) is 9.47 Å². The lowest BCUT2D eigenvalue weighted by molar-refractivity contribution is -0.134. The zero-order chi connectivity index (χ0) is 30.2. The minimum absolute atomic E-state index is 0.00359. The number of tetrazole rings is 1. The Balaban J connectivity index is 1.54. The van der Waals surface area contributed by atoms with Gasteiger partial charge in [-0.3, -0.25) is 9.59 Å². The number of aliphatic hydroxyl groups is 1. The fourth-order valence-corrected chi connectivity index (χ4v) is 4.57. The van der Waals surface area contributed by atoms with E-state index in [-0.39, 0.29) is 49.9 Å². The molecule has 4 rings (SSSR count). The summed E-state index contributed by atoms with van der Waals surface area (Å²) in [6.45, 7) is 4.00. The first kappa shape index (κ1) is 30.2. The molecule has 1 aliphatic heterocycles. The third-order valence-electron chi connectivity index (χ3n) is 7.04. The van der Waals surface area contributed by atoms with E-state index >= 15 is 0 Å². The second-order valence-electron chi connectivity index (χ2n) is 10.3. The number of benzene rings is 2. The monoisotopic (exact) mass is 580 g/mol. The Morgan fingerprint density at radius 1 is 1.19 bits per heavy atom. The number of nitrogens with one attached hydrogen (secondary N) is 2. The van der Waals surface area contributed by atoms with Crippen LogP contribution in [0.25, 0.3) is 0 Å². The summed E-state index contributed by atoms with van der Waals surface area (Å²) in [6.07, 6.45) is 0.849. The van der Waals surface area contributed by atoms with Gasteiger partial charge in [0.2, 0.25) is 11.8 Å². The molecule has 0 bridgehead atoms. The second-order valence-corrected chi connectivity index (χ2v) is 10.3. The van der Waals surface area contributed by atoms with Crippen molar-refractivity contribution in [3.8, 4) is 11.5 Å². The number of nitrogens with zero attached hydrogens (tertiary/aromatic N) is 6. The van der Waals surface area contributed by atoms with Crippen molar-refractivity contribution in [2.24, 2.45) is 5.92 Å². The molecule has 1 aliphatic rings. The number of methoxy groups -OCH3 is 1. The van der Waals surface area contributed by atoms with Gasteiger partial charge in [-0.25, -0.2) is 9.48 Å². The lowest BCUT2D eigenvalue weighted by Gasteiger charge is -2.34. The largest absolute Gasteiger partial charge is 0.497 e. The highest BCUT2D eigenvalue weighted by atomic mass is 16.5. The first-order valence-electron chi connectivity index (χ1n) is 13.5. The van der Waals surface area contributed by atoms with Gasteiger partial charge in [-0.05, 0) is 59.8 Å². The standard InChI is InChI=1S/C28H36N8O6/c1-18-13-36(19(2)16-37)27(39)12-20-11-22(30-26(38)15-35-17-29-32-33-35)7-10-24(20)42-25(18)14-34(3)28(40)31-21-5-8-23(41-4)9-6-21/h5-11,17-19,25,37H,12-16H2,1-4H3,(H,30,38)(H,31,40)/t18-,19+,25+/m0/s1. The highest BCUT2D eigenvalue weighted by Gasteiger charge is 2.32. The van der Waals surface area contributed by atoms with Crippen molar-refractivity contribution < 1.29 is 29.0 Å². The molecule has 42 heavy (non-hydrogen) atoms. The van der Waals surface area contributed by atoms with Crippen LogP contribution in [-0.4, -0.2) is 99.0 Å². The Labute approximate surface area is 243 Å². The van der Waals surface area contributed by atoms with Crippen LogP contribution in [0.15, 0.2) is 48.8 Å². The maximum absolute atomic E-state index is 13.4. The zero-order valence-corrected chi connectivity index (χ0v) is 24.1. The Morgan fingerprint density at radius 3 is 2.60 bits per heavy atom. The highest BCUT2D eigenvalue weighted by molar-refractivity contribution is 5.91. The molecule has 3 atom stereocenters. The van der Waals surface area contributed by atoms with Crippen molar-refractivity contribution in [2.45, 2.75) is 39.0 Å². The minimum Gasteiger partial charge on any atom is -0.497 e. The molecule has 1 aromatic heterocycles. The van der Waals surface area contributed by atoms with Crippen molar-refractivity contribution in [3.63, 3.8) is 0 Å². The fraction of sp³-hybridized carbons (Fsp3) is 0.429. The predicted octanol–water partition coefficient (Wildman–Crippen LogP) is 1.63. The molecule has 2 heterocycles. The summed E-state index contributed by atoms with van der Waals surface area (Å²) in [4.78, 5) is 42.1. The normalized spacial score (nSPS) is 17.5. The fourth-order valence-electron chi connectivity index (χ4n) is 4.57. The van der Waals surface area contributed by atoms with Gasteiger partial charge in [-0.15, -0.1) is 5.10 Å². The Morgan fingerprint density at radius 2 is 1.93 bits per heavy atom. The summed E-state index contributed by atoms with van der Waals surface area (Å²) in [5.74, 6) is 0.432. The van der Waals surface area contributed by atoms with E-state index < -0.39 is 12.1 Å². The number of ether oxygens (including phenoxy) is 2. The minimum atomic E-state index is -0.491. The van der Waals surface area contributed by atoms with E-state index in [0.29, 0.717) is 35.0 Å². The van der Waals surface area contributed by atoms with Crippen LogP contribution in [0.4, 0.5) is 16.2 Å². The molecule has 4 amide bonds. The average Bonchev–Trinajstić information content (AvgIpc) is 3.49. The molecule has 0 unspecified atom stereocenters. The van der Waals surface area contributed by atoms with Gasteiger partial charge >= 0.3 is 6.03 Å². The highest BCUT2D eigenvalue weighted by Crippen LogP contribution is 2.29. The van der Waals surface area contributed by atoms with Gasteiger partial charge in [0.15, 0.2) is 0 Å². The van der Waals surface area contributed by atoms with Crippen molar-refractivity contribution in [3.05, 3.63) is 54.4 Å². The number of hydrogen-bond donors (Lipinski definition) is 3. The quantitative estimate of drug-likeness (QED) is 0.341. The van der Waals surface area contributed by atoms with Crippen LogP contribution in [0.5, 0.6) is 11.5 Å². The summed E-state index contributed by atoms with van der Waals surface area (Å²) in [5, 5.41) is 26.3. The van der Waals surface area contributed by atoms with E-state index in [1.807, 2.05) is 6.92 Å². The van der Waals surface area contributed by atoms with Gasteiger partial charge in [-0.1, -0.05) is 6.92 Å². The van der Waals surface area contributed by atoms with Crippen LogP contribution in [-0.2, 0) is 22.6 Å². The molecule has 0 spiro atoms. The Bertz CT molecular complexity index is 1370. The molecule has 3 aromatic rings. The third-order valence-corrected chi connectivity index (χ3v) is 7.04. The molecule has 0 saturated heterocycles. The van der Waals surface area contributed by atoms with E-state index in [2.05, 4.69) is 26.2 Å². The van der Waals surface area contributed by atoms with Gasteiger partial charge in [0.05, 0.1) is 32.7 Å². The van der Waals surface area contributed by atoms with Crippen LogP contribution in [0.1, 0.15) is 19.4 Å². The average molecular weight is 581 g/mol. The van der Waals surface area contributed by atoms with Gasteiger partial charge in [0.1, 0.15) is 30.5 Å². The van der Waals surface area contributed by atoms with Gasteiger partial charge in [-0.2, -0.15) is 0 Å². The maximum atomic E-state index is 13.4. The molecular formula is C28H36N8O6. The molecule has 3 N–H and O–H groups in total. The predicted molar refractivity (Wildman–Crippen MR) is 153 cm³/mol. The SMILES string of the molecule is COc1ccc(NC(=O)N(C)C[C@H]2Oc3ccc(NC(=O)Cn4cnnn4)cc3CC(=O)N([C@H](C)CO)C[C@@H]2C)cc1. The number of carbonyl (C=O) groups is 3. The van der Waals surface area contributed by atoms with Crippen molar-refractivity contribution in [1.29, 1.82) is 0 Å². The molecule has 0 radical (unpaired) electrons. The summed E-state index contributed by atoms with van der Waals surface area (Å²) >= 11 is 0. The van der Waals surface area contributed by atoms with Crippen molar-refractivity contribution >= 4 is 29.2 Å². The molecule has 0 aliphatic carbocycles. The molecule has 224 valence electrons. The summed E-state index contributed by atoms with van der Waals surface area (Å²) in [7, 11) is 3.24. The van der Waals surface area contributed by atoms with Crippen LogP contribution in [0.3, 0.4) is 0 Å². The van der Waals surface area contributed by atoms with Crippen LogP contribution >= 0.6 is 0 Å². The first-order chi connectivity index (χ1) is 20.2. The van der Waals surface area contributed by atoms with Crippen LogP contribution < -0.4 is 20.1 Å². The van der Waals surface area contributed by atoms with E-state index in [1.54, 1.807) is 68.4 Å². The third kappa shape index (κ3) is 7.72. The molecule has 2 aromatic carbocycles. The van der Waals surface area contributed by atoms with Crippen LogP contribution in [0, 0.1) is 5.92 Å². The lowest BCUT2D eigenvalue weighted by atomic mass is 10.0. The number of hydrogen-bond acceptors (Lipinski definition) is 9. The van der Waals surface area contributed by atoms with Crippen molar-refractivity contribution in [2.75, 3.05) is 44.5 Å². The van der Waals surface area contributed by atoms with E-state index in [0.717, 1.165) is 0 Å². The summed E-state index contributed by atoms with van der Waals surface area (Å²) < 4.78 is 12.9. The number of fused-ring (bicyclic) bond motifs is 1. The number of aliphatic hydroxyl groups excluding tert-OH is 1. The summed E-state index contributed by atoms with van der Waals surface area (Å²) in [5.41, 5.74) is 1.66. The topological polar surface area (TPSA) is 164 Å². The molecule has 14 nitrogen and oxygen atoms in total. The number of carbonyl (C=O) groups excluding carboxylic acids is 3. The van der Waals surface area contributed by atoms with E-state index in [9.17, 15) is 19.5 Å². The molecule has 0 fully saturated rings. The Hall–Kier alpha value is -4.72. The number of likely N-dealkylation sites (N-methyl/N-ethyl adjacent to an activating group) is 1. The van der Waals surface area contributed by atoms with E-state index in [1.165, 1.54) is 15.9 Å². The zero-order valence-electron chi connectivity index (χ0n) is 24.1. The van der Waals surface area contributed by atoms with Crippen LogP contribution in [0.2, 0.25) is 0 Å². The van der Waals surface area contributed by atoms with Crippen molar-refractivity contribution in [1.82, 2.24) is 30.0 Å². The molecule has 0 saturated carbocycles. The second kappa shape index (κ2) is 13.8.